The number of carbonyl (C=O) groups excluding carboxylic acids is 1. The second-order valence-corrected chi connectivity index (χ2v) is 6.30. The number of hydrogen-bond acceptors (Lipinski definition) is 2. The topological polar surface area (TPSA) is 20.3 Å². The van der Waals surface area contributed by atoms with Gasteiger partial charge in [-0.15, -0.1) is 0 Å². The molecule has 4 heteroatoms. The van der Waals surface area contributed by atoms with Crippen molar-refractivity contribution in [3.05, 3.63) is 33.8 Å². The fourth-order valence-corrected chi connectivity index (χ4v) is 3.26. The van der Waals surface area contributed by atoms with Gasteiger partial charge in [0.25, 0.3) is 0 Å². The number of benzene rings is 1. The second kappa shape index (κ2) is 5.82. The highest BCUT2D eigenvalue weighted by Gasteiger charge is 2.42. The summed E-state index contributed by atoms with van der Waals surface area (Å²) < 4.78 is 0. The fourth-order valence-electron chi connectivity index (χ4n) is 2.93. The molecule has 0 heterocycles. The maximum Gasteiger partial charge on any atom is 0.157 e. The monoisotopic (exact) mass is 299 g/mol. The zero-order valence-electron chi connectivity index (χ0n) is 11.4. The van der Waals surface area contributed by atoms with Gasteiger partial charge in [-0.1, -0.05) is 42.1 Å². The molecule has 0 saturated heterocycles. The number of halogens is 2. The molecule has 1 aliphatic carbocycles. The highest BCUT2D eigenvalue weighted by molar-refractivity contribution is 6.42. The summed E-state index contributed by atoms with van der Waals surface area (Å²) in [6, 6.07) is 5.42. The van der Waals surface area contributed by atoms with Gasteiger partial charge in [0.15, 0.2) is 5.78 Å². The summed E-state index contributed by atoms with van der Waals surface area (Å²) in [6.45, 7) is 0. The number of hydrogen-bond donors (Lipinski definition) is 0. The molecule has 104 valence electrons. The van der Waals surface area contributed by atoms with E-state index in [0.717, 1.165) is 31.2 Å². The van der Waals surface area contributed by atoms with Crippen molar-refractivity contribution in [2.24, 2.45) is 0 Å². The van der Waals surface area contributed by atoms with Gasteiger partial charge < -0.3 is 0 Å². The molecule has 0 N–H and O–H groups in total. The predicted molar refractivity (Wildman–Crippen MR) is 80.1 cm³/mol. The van der Waals surface area contributed by atoms with Crippen LogP contribution in [0.2, 0.25) is 10.0 Å². The van der Waals surface area contributed by atoms with Gasteiger partial charge in [-0.3, -0.25) is 9.69 Å². The van der Waals surface area contributed by atoms with Crippen molar-refractivity contribution in [1.29, 1.82) is 0 Å². The van der Waals surface area contributed by atoms with Crippen molar-refractivity contribution in [1.82, 2.24) is 4.90 Å². The number of likely N-dealkylation sites (N-methyl/N-ethyl adjacent to an activating group) is 1. The average molecular weight is 300 g/mol. The van der Waals surface area contributed by atoms with Crippen molar-refractivity contribution in [2.45, 2.75) is 37.6 Å². The SMILES string of the molecule is CN(C)C1(C(=O)Cc2ccc(Cl)c(Cl)c2)CCCC1. The van der Waals surface area contributed by atoms with Crippen molar-refractivity contribution in [3.8, 4) is 0 Å². The summed E-state index contributed by atoms with van der Waals surface area (Å²) in [5, 5.41) is 1.04. The van der Waals surface area contributed by atoms with Crippen LogP contribution in [0.25, 0.3) is 0 Å². The summed E-state index contributed by atoms with van der Waals surface area (Å²) in [7, 11) is 4.00. The van der Waals surface area contributed by atoms with Crippen LogP contribution in [0.3, 0.4) is 0 Å². The van der Waals surface area contributed by atoms with Crippen LogP contribution in [-0.4, -0.2) is 30.3 Å². The summed E-state index contributed by atoms with van der Waals surface area (Å²) in [5.41, 5.74) is 0.652. The van der Waals surface area contributed by atoms with Gasteiger partial charge in [0, 0.05) is 6.42 Å². The minimum absolute atomic E-state index is 0.286. The molecule has 0 aliphatic heterocycles. The third-order valence-electron chi connectivity index (χ3n) is 4.15. The Bertz CT molecular complexity index is 479. The lowest BCUT2D eigenvalue weighted by Crippen LogP contribution is -2.49. The Morgan fingerprint density at radius 1 is 1.21 bits per heavy atom. The normalized spacial score (nSPS) is 17.9. The quantitative estimate of drug-likeness (QED) is 0.838. The van der Waals surface area contributed by atoms with E-state index >= 15 is 0 Å². The molecule has 0 spiro atoms. The maximum atomic E-state index is 12.7. The Balaban J connectivity index is 2.17. The minimum atomic E-state index is -0.286. The molecule has 0 aromatic heterocycles. The van der Waals surface area contributed by atoms with Gasteiger partial charge in [0.05, 0.1) is 15.6 Å². The van der Waals surface area contributed by atoms with E-state index < -0.39 is 0 Å². The first-order valence-electron chi connectivity index (χ1n) is 6.60. The van der Waals surface area contributed by atoms with Gasteiger partial charge >= 0.3 is 0 Å². The van der Waals surface area contributed by atoms with Crippen molar-refractivity contribution >= 4 is 29.0 Å². The zero-order valence-corrected chi connectivity index (χ0v) is 12.9. The molecular weight excluding hydrogens is 281 g/mol. The molecule has 0 atom stereocenters. The number of nitrogens with zero attached hydrogens (tertiary/aromatic N) is 1. The molecule has 1 fully saturated rings. The standard InChI is InChI=1S/C15H19Cl2NO/c1-18(2)15(7-3-4-8-15)14(19)10-11-5-6-12(16)13(17)9-11/h5-6,9H,3-4,7-8,10H2,1-2H3. The molecule has 0 unspecified atom stereocenters. The van der Waals surface area contributed by atoms with E-state index in [0.29, 0.717) is 16.5 Å². The molecule has 0 radical (unpaired) electrons. The van der Waals surface area contributed by atoms with E-state index in [1.165, 1.54) is 0 Å². The Kier molecular flexibility index (Phi) is 4.54. The number of ketones is 1. The Morgan fingerprint density at radius 3 is 2.37 bits per heavy atom. The maximum absolute atomic E-state index is 12.7. The Hall–Kier alpha value is -0.570. The van der Waals surface area contributed by atoms with Gasteiger partial charge in [-0.05, 0) is 44.6 Å². The summed E-state index contributed by atoms with van der Waals surface area (Å²) in [6.07, 6.45) is 4.60. The lowest BCUT2D eigenvalue weighted by atomic mass is 9.87. The molecule has 1 aliphatic rings. The third-order valence-corrected chi connectivity index (χ3v) is 4.89. The summed E-state index contributed by atoms with van der Waals surface area (Å²) in [5.74, 6) is 0.286. The van der Waals surface area contributed by atoms with E-state index in [1.54, 1.807) is 12.1 Å². The van der Waals surface area contributed by atoms with Crippen LogP contribution < -0.4 is 0 Å². The summed E-state index contributed by atoms with van der Waals surface area (Å²) >= 11 is 11.9. The van der Waals surface area contributed by atoms with E-state index in [9.17, 15) is 4.79 Å². The van der Waals surface area contributed by atoms with E-state index in [1.807, 2.05) is 20.2 Å². The third kappa shape index (κ3) is 2.96. The zero-order chi connectivity index (χ0) is 14.0. The van der Waals surface area contributed by atoms with Crippen LogP contribution >= 0.6 is 23.2 Å². The van der Waals surface area contributed by atoms with E-state index in [-0.39, 0.29) is 11.3 Å². The molecule has 2 nitrogen and oxygen atoms in total. The number of rotatable bonds is 4. The van der Waals surface area contributed by atoms with Crippen LogP contribution in [0.1, 0.15) is 31.2 Å². The van der Waals surface area contributed by atoms with Gasteiger partial charge in [0.2, 0.25) is 0 Å². The highest BCUT2D eigenvalue weighted by atomic mass is 35.5. The predicted octanol–water partition coefficient (Wildman–Crippen LogP) is 3.98. The summed E-state index contributed by atoms with van der Waals surface area (Å²) in [4.78, 5) is 14.7. The molecule has 0 amide bonds. The number of Topliss-reactive ketones (excluding diaryl/α,β-unsaturated/α-hetero) is 1. The Morgan fingerprint density at radius 2 is 1.84 bits per heavy atom. The smallest absolute Gasteiger partial charge is 0.157 e. The molecule has 1 saturated carbocycles. The van der Waals surface area contributed by atoms with Crippen LogP contribution in [0.4, 0.5) is 0 Å². The molecule has 2 rings (SSSR count). The lowest BCUT2D eigenvalue weighted by Gasteiger charge is -2.34. The first-order chi connectivity index (χ1) is 8.95. The van der Waals surface area contributed by atoms with Gasteiger partial charge in [-0.25, -0.2) is 0 Å². The van der Waals surface area contributed by atoms with Crippen LogP contribution in [-0.2, 0) is 11.2 Å². The number of carbonyl (C=O) groups is 1. The van der Waals surface area contributed by atoms with E-state index in [4.69, 9.17) is 23.2 Å². The van der Waals surface area contributed by atoms with Gasteiger partial charge in [0.1, 0.15) is 0 Å². The second-order valence-electron chi connectivity index (χ2n) is 5.48. The molecule has 1 aromatic carbocycles. The molecule has 1 aromatic rings. The van der Waals surface area contributed by atoms with Crippen LogP contribution in [0.5, 0.6) is 0 Å². The van der Waals surface area contributed by atoms with Crippen molar-refractivity contribution < 1.29 is 4.79 Å². The largest absolute Gasteiger partial charge is 0.297 e. The minimum Gasteiger partial charge on any atom is -0.297 e. The highest BCUT2D eigenvalue weighted by Crippen LogP contribution is 2.35. The first kappa shape index (κ1) is 14.8. The fraction of sp³-hybridized carbons (Fsp3) is 0.533. The lowest BCUT2D eigenvalue weighted by molar-refractivity contribution is -0.128. The van der Waals surface area contributed by atoms with Gasteiger partial charge in [-0.2, -0.15) is 0 Å². The molecule has 0 bridgehead atoms. The average Bonchev–Trinajstić information content (AvgIpc) is 2.84. The van der Waals surface area contributed by atoms with Crippen molar-refractivity contribution in [3.63, 3.8) is 0 Å². The van der Waals surface area contributed by atoms with Crippen molar-refractivity contribution in [2.75, 3.05) is 14.1 Å². The Labute approximate surface area is 124 Å². The van der Waals surface area contributed by atoms with Crippen LogP contribution in [0, 0.1) is 0 Å². The molecule has 19 heavy (non-hydrogen) atoms. The van der Waals surface area contributed by atoms with Crippen LogP contribution in [0.15, 0.2) is 18.2 Å². The van der Waals surface area contributed by atoms with E-state index in [2.05, 4.69) is 4.90 Å². The molecular formula is C15H19Cl2NO. The first-order valence-corrected chi connectivity index (χ1v) is 7.36.